The number of aromatic nitrogens is 4. The van der Waals surface area contributed by atoms with E-state index in [9.17, 15) is 9.59 Å². The first-order valence-corrected chi connectivity index (χ1v) is 11.4. The second-order valence-corrected chi connectivity index (χ2v) is 8.87. The van der Waals surface area contributed by atoms with Gasteiger partial charge >= 0.3 is 0 Å². The van der Waals surface area contributed by atoms with Crippen LogP contribution in [-0.4, -0.2) is 31.5 Å². The van der Waals surface area contributed by atoms with Crippen molar-refractivity contribution >= 4 is 34.1 Å². The van der Waals surface area contributed by atoms with Gasteiger partial charge in [-0.15, -0.1) is 5.10 Å². The summed E-state index contributed by atoms with van der Waals surface area (Å²) in [5.41, 5.74) is 4.17. The molecule has 0 saturated carbocycles. The van der Waals surface area contributed by atoms with Crippen molar-refractivity contribution in [3.63, 3.8) is 0 Å². The minimum absolute atomic E-state index is 0.0102. The number of carbonyl (C=O) groups excluding carboxylic acids is 2. The SMILES string of the molecule is CC(C)=CCC1=C(OCc2cn(-c3ccnc4cc(Cl)ccc34)nn2)C(=O)c2ccccc2C1=O. The van der Waals surface area contributed by atoms with Crippen LogP contribution in [0.1, 0.15) is 46.7 Å². The van der Waals surface area contributed by atoms with E-state index in [4.69, 9.17) is 16.3 Å². The fourth-order valence-corrected chi connectivity index (χ4v) is 4.15. The molecule has 0 N–H and O–H groups in total. The number of benzene rings is 2. The molecule has 0 bridgehead atoms. The van der Waals surface area contributed by atoms with Crippen molar-refractivity contribution < 1.29 is 14.3 Å². The molecule has 2 heterocycles. The summed E-state index contributed by atoms with van der Waals surface area (Å²) in [6.07, 6.45) is 5.63. The van der Waals surface area contributed by atoms with Crippen LogP contribution in [0.15, 0.2) is 83.9 Å². The Kier molecular flexibility index (Phi) is 6.01. The molecular weight excluding hydrogens is 464 g/mol. The van der Waals surface area contributed by atoms with E-state index < -0.39 is 0 Å². The highest BCUT2D eigenvalue weighted by Crippen LogP contribution is 2.30. The Morgan fingerprint density at radius 1 is 1.06 bits per heavy atom. The van der Waals surface area contributed by atoms with Crippen LogP contribution in [0.3, 0.4) is 0 Å². The summed E-state index contributed by atoms with van der Waals surface area (Å²) in [6.45, 7) is 3.88. The molecule has 7 nitrogen and oxygen atoms in total. The van der Waals surface area contributed by atoms with Crippen molar-refractivity contribution in [1.29, 1.82) is 0 Å². The second kappa shape index (κ2) is 9.27. The zero-order valence-electron chi connectivity index (χ0n) is 19.2. The first-order valence-electron chi connectivity index (χ1n) is 11.1. The van der Waals surface area contributed by atoms with Crippen LogP contribution in [0.4, 0.5) is 0 Å². The third-order valence-electron chi connectivity index (χ3n) is 5.72. The molecule has 0 atom stereocenters. The number of ether oxygens (including phenoxy) is 1. The predicted octanol–water partition coefficient (Wildman–Crippen LogP) is 5.68. The van der Waals surface area contributed by atoms with Gasteiger partial charge < -0.3 is 4.74 Å². The molecule has 1 aliphatic carbocycles. The van der Waals surface area contributed by atoms with Crippen LogP contribution in [0.2, 0.25) is 5.02 Å². The minimum Gasteiger partial charge on any atom is -0.483 e. The Balaban J connectivity index is 1.45. The number of fused-ring (bicyclic) bond motifs is 2. The van der Waals surface area contributed by atoms with Crippen LogP contribution in [-0.2, 0) is 11.3 Å². The van der Waals surface area contributed by atoms with E-state index in [0.717, 1.165) is 22.2 Å². The average molecular weight is 485 g/mol. The lowest BCUT2D eigenvalue weighted by molar-refractivity contribution is 0.0854. The summed E-state index contributed by atoms with van der Waals surface area (Å²) in [5.74, 6) is -0.440. The summed E-state index contributed by atoms with van der Waals surface area (Å²) in [6, 6.07) is 14.1. The van der Waals surface area contributed by atoms with Gasteiger partial charge in [0.25, 0.3) is 0 Å². The summed E-state index contributed by atoms with van der Waals surface area (Å²) < 4.78 is 7.56. The smallest absolute Gasteiger partial charge is 0.228 e. The van der Waals surface area contributed by atoms with Gasteiger partial charge in [-0.05, 0) is 44.5 Å². The van der Waals surface area contributed by atoms with Crippen molar-refractivity contribution in [2.24, 2.45) is 0 Å². The zero-order chi connectivity index (χ0) is 24.5. The van der Waals surface area contributed by atoms with Crippen LogP contribution >= 0.6 is 11.6 Å². The quantitative estimate of drug-likeness (QED) is 0.327. The van der Waals surface area contributed by atoms with E-state index in [2.05, 4.69) is 15.3 Å². The van der Waals surface area contributed by atoms with Gasteiger partial charge in [0.05, 0.1) is 23.0 Å². The van der Waals surface area contributed by atoms with Gasteiger partial charge in [-0.2, -0.15) is 0 Å². The van der Waals surface area contributed by atoms with Crippen LogP contribution in [0.5, 0.6) is 0 Å². The maximum Gasteiger partial charge on any atom is 0.228 e. The van der Waals surface area contributed by atoms with Crippen molar-refractivity contribution in [2.75, 3.05) is 0 Å². The van der Waals surface area contributed by atoms with Gasteiger partial charge in [0.2, 0.25) is 5.78 Å². The van der Waals surface area contributed by atoms with Crippen molar-refractivity contribution in [1.82, 2.24) is 20.0 Å². The van der Waals surface area contributed by atoms with E-state index >= 15 is 0 Å². The zero-order valence-corrected chi connectivity index (χ0v) is 19.9. The number of hydrogen-bond donors (Lipinski definition) is 0. The fraction of sp³-hybridized carbons (Fsp3) is 0.148. The topological polar surface area (TPSA) is 87.0 Å². The highest BCUT2D eigenvalue weighted by Gasteiger charge is 2.33. The molecule has 0 radical (unpaired) electrons. The van der Waals surface area contributed by atoms with Gasteiger partial charge in [0.1, 0.15) is 12.3 Å². The molecule has 8 heteroatoms. The molecule has 0 spiro atoms. The van der Waals surface area contributed by atoms with E-state index in [1.165, 1.54) is 0 Å². The molecule has 174 valence electrons. The summed E-state index contributed by atoms with van der Waals surface area (Å²) in [7, 11) is 0. The highest BCUT2D eigenvalue weighted by molar-refractivity contribution is 6.31. The first kappa shape index (κ1) is 22.7. The average Bonchev–Trinajstić information content (AvgIpc) is 3.33. The summed E-state index contributed by atoms with van der Waals surface area (Å²) >= 11 is 6.09. The first-order chi connectivity index (χ1) is 16.9. The Labute approximate surface area is 206 Å². The normalized spacial score (nSPS) is 13.2. The van der Waals surface area contributed by atoms with Gasteiger partial charge in [-0.1, -0.05) is 52.7 Å². The van der Waals surface area contributed by atoms with Crippen molar-refractivity contribution in [3.8, 4) is 5.69 Å². The fourth-order valence-electron chi connectivity index (χ4n) is 3.98. The molecule has 4 aromatic rings. The maximum absolute atomic E-state index is 13.2. The maximum atomic E-state index is 13.2. The molecule has 0 aliphatic heterocycles. The molecule has 1 aliphatic rings. The Hall–Kier alpha value is -4.10. The van der Waals surface area contributed by atoms with E-state index in [1.807, 2.05) is 32.1 Å². The molecule has 0 saturated heterocycles. The van der Waals surface area contributed by atoms with E-state index in [-0.39, 0.29) is 23.9 Å². The summed E-state index contributed by atoms with van der Waals surface area (Å²) in [5, 5.41) is 9.88. The Bertz CT molecular complexity index is 1550. The molecule has 5 rings (SSSR count). The number of carbonyl (C=O) groups is 2. The van der Waals surface area contributed by atoms with Gasteiger partial charge in [0.15, 0.2) is 11.5 Å². The Morgan fingerprint density at radius 2 is 1.83 bits per heavy atom. The number of allylic oxidation sites excluding steroid dienone is 4. The molecular formula is C27H21ClN4O3. The lowest BCUT2D eigenvalue weighted by Gasteiger charge is -2.20. The molecule has 0 fully saturated rings. The molecule has 0 amide bonds. The Morgan fingerprint density at radius 3 is 2.60 bits per heavy atom. The van der Waals surface area contributed by atoms with Crippen LogP contribution < -0.4 is 0 Å². The van der Waals surface area contributed by atoms with E-state index in [0.29, 0.717) is 33.8 Å². The predicted molar refractivity (Wildman–Crippen MR) is 133 cm³/mol. The standard InChI is InChI=1S/C27H21ClN4O3/c1-16(2)7-9-22-25(33)19-5-3-4-6-20(19)26(34)27(22)35-15-18-14-32(31-30-18)24-11-12-29-23-13-17(28)8-10-21(23)24/h3-8,10-14H,9,15H2,1-2H3. The number of pyridine rings is 1. The third-order valence-corrected chi connectivity index (χ3v) is 5.95. The van der Waals surface area contributed by atoms with Gasteiger partial charge in [0, 0.05) is 27.7 Å². The number of rotatable bonds is 6. The minimum atomic E-state index is -0.304. The lowest BCUT2D eigenvalue weighted by Crippen LogP contribution is -2.23. The molecule has 0 unspecified atom stereocenters. The highest BCUT2D eigenvalue weighted by atomic mass is 35.5. The van der Waals surface area contributed by atoms with Crippen LogP contribution in [0.25, 0.3) is 16.6 Å². The van der Waals surface area contributed by atoms with Gasteiger partial charge in [-0.3, -0.25) is 14.6 Å². The number of nitrogens with zero attached hydrogens (tertiary/aromatic N) is 4. The molecule has 2 aromatic heterocycles. The molecule has 2 aromatic carbocycles. The lowest BCUT2D eigenvalue weighted by atomic mass is 9.86. The van der Waals surface area contributed by atoms with E-state index in [1.54, 1.807) is 53.5 Å². The number of ketones is 2. The van der Waals surface area contributed by atoms with Gasteiger partial charge in [-0.25, -0.2) is 4.68 Å². The van der Waals surface area contributed by atoms with Crippen LogP contribution in [0, 0.1) is 0 Å². The number of halogens is 1. The summed E-state index contributed by atoms with van der Waals surface area (Å²) in [4.78, 5) is 30.7. The monoisotopic (exact) mass is 484 g/mol. The third kappa shape index (κ3) is 4.38. The van der Waals surface area contributed by atoms with Crippen molar-refractivity contribution in [3.05, 3.63) is 106 Å². The van der Waals surface area contributed by atoms with Crippen molar-refractivity contribution in [2.45, 2.75) is 26.9 Å². The number of hydrogen-bond acceptors (Lipinski definition) is 6. The second-order valence-electron chi connectivity index (χ2n) is 8.43. The molecule has 35 heavy (non-hydrogen) atoms. The number of Topliss-reactive ketones (excluding diaryl/α,β-unsaturated/α-hetero) is 2. The largest absolute Gasteiger partial charge is 0.483 e.